The topological polar surface area (TPSA) is 98.9 Å². The maximum atomic E-state index is 13.3. The van der Waals surface area contributed by atoms with Crippen LogP contribution in [0.5, 0.6) is 0 Å². The van der Waals surface area contributed by atoms with Crippen molar-refractivity contribution >= 4 is 23.2 Å². The van der Waals surface area contributed by atoms with Crippen LogP contribution in [-0.2, 0) is 14.3 Å². The Kier molecular flexibility index (Phi) is 9.88. The molecule has 7 heteroatoms. The summed E-state index contributed by atoms with van der Waals surface area (Å²) >= 11 is 0. The number of benzene rings is 2. The molecular weight excluding hydrogens is 516 g/mol. The van der Waals surface area contributed by atoms with Crippen LogP contribution in [0.25, 0.3) is 0 Å². The lowest BCUT2D eigenvalue weighted by atomic mass is 9.68. The van der Waals surface area contributed by atoms with Crippen LogP contribution < -0.4 is 10.9 Å². The monoisotopic (exact) mass is 560 g/mol. The van der Waals surface area contributed by atoms with Crippen LogP contribution in [0.1, 0.15) is 116 Å². The van der Waals surface area contributed by atoms with Crippen molar-refractivity contribution in [3.8, 4) is 0 Å². The summed E-state index contributed by atoms with van der Waals surface area (Å²) in [5, 5.41) is 1.23. The second kappa shape index (κ2) is 13.8. The predicted molar refractivity (Wildman–Crippen MR) is 159 cm³/mol. The minimum atomic E-state index is -0.421. The molecule has 0 aromatic heterocycles. The zero-order valence-corrected chi connectivity index (χ0v) is 24.3. The van der Waals surface area contributed by atoms with E-state index in [0.29, 0.717) is 40.3 Å². The molecule has 2 saturated carbocycles. The molecule has 220 valence electrons. The van der Waals surface area contributed by atoms with Crippen LogP contribution in [0.3, 0.4) is 0 Å². The number of nitrogens with zero attached hydrogens (tertiary/aromatic N) is 1. The summed E-state index contributed by atoms with van der Waals surface area (Å²) in [5.41, 5.74) is 1.64. The summed E-state index contributed by atoms with van der Waals surface area (Å²) in [7, 11) is 0. The lowest BCUT2D eigenvalue weighted by Crippen LogP contribution is -2.43. The minimum Gasteiger partial charge on any atom is -0.461 e. The average molecular weight is 561 g/mol. The van der Waals surface area contributed by atoms with Crippen molar-refractivity contribution < 1.29 is 23.9 Å². The number of ether oxygens (including phenoxy) is 2. The quantitative estimate of drug-likeness (QED) is 0.118. The second-order valence-corrected chi connectivity index (χ2v) is 12.0. The first-order valence-electron chi connectivity index (χ1n) is 15.6. The van der Waals surface area contributed by atoms with Gasteiger partial charge in [-0.25, -0.2) is 5.84 Å². The Balaban J connectivity index is 1.13. The van der Waals surface area contributed by atoms with Crippen molar-refractivity contribution in [1.29, 1.82) is 0 Å². The zero-order valence-electron chi connectivity index (χ0n) is 24.3. The Hall–Kier alpha value is -3.03. The normalized spacial score (nSPS) is 23.4. The number of hydrogen-bond donors (Lipinski definition) is 1. The summed E-state index contributed by atoms with van der Waals surface area (Å²) in [6.07, 6.45) is 14.0. The van der Waals surface area contributed by atoms with Crippen LogP contribution >= 0.6 is 0 Å². The summed E-state index contributed by atoms with van der Waals surface area (Å²) in [5.74, 6) is 6.48. The van der Waals surface area contributed by atoms with E-state index >= 15 is 0 Å². The van der Waals surface area contributed by atoms with E-state index in [1.807, 2.05) is 0 Å². The third-order valence-electron chi connectivity index (χ3n) is 9.20. The zero-order chi connectivity index (χ0) is 28.8. The maximum Gasteiger partial charge on any atom is 0.327 e. The summed E-state index contributed by atoms with van der Waals surface area (Å²) in [4.78, 5) is 39.4. The maximum absolute atomic E-state index is 13.3. The second-order valence-electron chi connectivity index (χ2n) is 12.0. The molecule has 2 aromatic rings. The van der Waals surface area contributed by atoms with Crippen LogP contribution in [0.15, 0.2) is 42.5 Å². The molecule has 2 fully saturated rings. The molecule has 3 aliphatic carbocycles. The first kappa shape index (κ1) is 29.5. The highest BCUT2D eigenvalue weighted by Crippen LogP contribution is 2.43. The van der Waals surface area contributed by atoms with Gasteiger partial charge in [0, 0.05) is 23.3 Å². The largest absolute Gasteiger partial charge is 0.461 e. The van der Waals surface area contributed by atoms with Crippen LogP contribution in [-0.4, -0.2) is 42.9 Å². The molecule has 5 rings (SSSR count). The first-order chi connectivity index (χ1) is 20.0. The van der Waals surface area contributed by atoms with E-state index in [1.54, 1.807) is 42.5 Å². The molecule has 3 aliphatic rings. The molecule has 0 bridgehead atoms. The van der Waals surface area contributed by atoms with Gasteiger partial charge in [0.25, 0.3) is 0 Å². The molecule has 0 spiro atoms. The van der Waals surface area contributed by atoms with Crippen LogP contribution in [0.4, 0.5) is 5.69 Å². The van der Waals surface area contributed by atoms with Crippen molar-refractivity contribution in [3.05, 3.63) is 64.7 Å². The Labute approximate surface area is 243 Å². The van der Waals surface area contributed by atoms with Crippen LogP contribution in [0.2, 0.25) is 0 Å². The molecule has 0 amide bonds. The van der Waals surface area contributed by atoms with Crippen molar-refractivity contribution in [1.82, 2.24) is 0 Å². The standard InChI is InChI=1S/C34H44N2O5/c1-2-3-4-5-6-9-20-40-30-17-10-12-23-21-24(18-19-25(23)30)41-31(37)22-36(35)29-16-11-15-28-32(29)34(39)27-14-8-7-13-26(27)33(28)38/h7-8,11,13-16,23-25,30H,2-6,9-10,12,17-22,35H2,1H3. The Bertz CT molecular complexity index is 1240. The van der Waals surface area contributed by atoms with E-state index in [1.165, 1.54) is 37.1 Å². The number of carbonyl (C=O) groups is 3. The fraction of sp³-hybridized carbons (Fsp3) is 0.559. The number of esters is 1. The minimum absolute atomic E-state index is 0.130. The van der Waals surface area contributed by atoms with Gasteiger partial charge in [0.1, 0.15) is 12.6 Å². The first-order valence-corrected chi connectivity index (χ1v) is 15.6. The molecule has 7 nitrogen and oxygen atoms in total. The van der Waals surface area contributed by atoms with Gasteiger partial charge in [0.15, 0.2) is 11.6 Å². The molecule has 0 saturated heterocycles. The number of hydrazine groups is 1. The lowest BCUT2D eigenvalue weighted by molar-refractivity contribution is -0.152. The van der Waals surface area contributed by atoms with E-state index in [2.05, 4.69) is 6.92 Å². The third-order valence-corrected chi connectivity index (χ3v) is 9.20. The molecule has 4 atom stereocenters. The number of nitrogens with two attached hydrogens (primary N) is 1. The lowest BCUT2D eigenvalue weighted by Gasteiger charge is -2.43. The number of fused-ring (bicyclic) bond motifs is 3. The van der Waals surface area contributed by atoms with E-state index in [9.17, 15) is 14.4 Å². The number of ketones is 2. The number of hydrogen-bond acceptors (Lipinski definition) is 7. The highest BCUT2D eigenvalue weighted by Gasteiger charge is 2.40. The van der Waals surface area contributed by atoms with E-state index < -0.39 is 5.97 Å². The number of anilines is 1. The fourth-order valence-electron chi connectivity index (χ4n) is 7.11. The molecule has 41 heavy (non-hydrogen) atoms. The molecular formula is C34H44N2O5. The SMILES string of the molecule is CCCCCCCCOC1CCCC2CC(OC(=O)CN(N)c3cccc4c3C(=O)c3ccccc3C4=O)CCC21. The van der Waals surface area contributed by atoms with Gasteiger partial charge >= 0.3 is 5.97 Å². The van der Waals surface area contributed by atoms with Gasteiger partial charge in [0.2, 0.25) is 0 Å². The van der Waals surface area contributed by atoms with Gasteiger partial charge in [-0.05, 0) is 56.4 Å². The number of carbonyl (C=O) groups excluding carboxylic acids is 3. The molecule has 4 unspecified atom stereocenters. The smallest absolute Gasteiger partial charge is 0.327 e. The molecule has 0 aliphatic heterocycles. The molecule has 2 N–H and O–H groups in total. The summed E-state index contributed by atoms with van der Waals surface area (Å²) in [6.45, 7) is 2.90. The predicted octanol–water partition coefficient (Wildman–Crippen LogP) is 6.40. The highest BCUT2D eigenvalue weighted by molar-refractivity contribution is 6.30. The average Bonchev–Trinajstić information content (AvgIpc) is 2.99. The summed E-state index contributed by atoms with van der Waals surface area (Å²) < 4.78 is 12.3. The Morgan fingerprint density at radius 2 is 1.61 bits per heavy atom. The van der Waals surface area contributed by atoms with Crippen molar-refractivity contribution in [2.24, 2.45) is 17.7 Å². The Morgan fingerprint density at radius 3 is 2.41 bits per heavy atom. The summed E-state index contributed by atoms with van der Waals surface area (Å²) in [6, 6.07) is 11.8. The van der Waals surface area contributed by atoms with Gasteiger partial charge in [0.05, 0.1) is 17.4 Å². The van der Waals surface area contributed by atoms with Crippen LogP contribution in [0, 0.1) is 11.8 Å². The van der Waals surface area contributed by atoms with Crippen molar-refractivity contribution in [2.75, 3.05) is 18.2 Å². The van der Waals surface area contributed by atoms with Gasteiger partial charge in [-0.2, -0.15) is 0 Å². The molecule has 0 heterocycles. The number of unbranched alkanes of at least 4 members (excludes halogenated alkanes) is 5. The van der Waals surface area contributed by atoms with E-state index in [0.717, 1.165) is 51.6 Å². The van der Waals surface area contributed by atoms with Gasteiger partial charge in [-0.3, -0.25) is 19.4 Å². The van der Waals surface area contributed by atoms with E-state index in [4.69, 9.17) is 15.3 Å². The third kappa shape index (κ3) is 6.73. The fourth-order valence-corrected chi connectivity index (χ4v) is 7.11. The Morgan fingerprint density at radius 1 is 0.878 bits per heavy atom. The highest BCUT2D eigenvalue weighted by atomic mass is 16.5. The van der Waals surface area contributed by atoms with Crippen molar-refractivity contribution in [3.63, 3.8) is 0 Å². The van der Waals surface area contributed by atoms with Gasteiger partial charge in [-0.15, -0.1) is 0 Å². The van der Waals surface area contributed by atoms with Crippen molar-refractivity contribution in [2.45, 2.75) is 96.2 Å². The van der Waals surface area contributed by atoms with E-state index in [-0.39, 0.29) is 29.8 Å². The molecule has 0 radical (unpaired) electrons. The molecule has 2 aromatic carbocycles. The van der Waals surface area contributed by atoms with Gasteiger partial charge < -0.3 is 9.47 Å². The van der Waals surface area contributed by atoms with Gasteiger partial charge in [-0.1, -0.05) is 81.8 Å². The number of rotatable bonds is 12.